The first-order chi connectivity index (χ1) is 15.1. The maximum Gasteiger partial charge on any atom is 0.118 e. The zero-order valence-electron chi connectivity index (χ0n) is 20.6. The number of ether oxygens (including phenoxy) is 1. The fraction of sp³-hybridized carbons (Fsp3) is 0.276. The second kappa shape index (κ2) is 10.8. The van der Waals surface area contributed by atoms with Crippen LogP contribution in [0.25, 0.3) is 5.76 Å². The third-order valence-electron chi connectivity index (χ3n) is 6.05. The number of methoxy groups -OCH3 is 1. The summed E-state index contributed by atoms with van der Waals surface area (Å²) in [5.74, 6) is 0.673. The number of rotatable bonds is 9. The lowest BCUT2D eigenvalue weighted by Crippen LogP contribution is -2.20. The van der Waals surface area contributed by atoms with E-state index in [1.54, 1.807) is 7.11 Å². The predicted molar refractivity (Wildman–Crippen MR) is 140 cm³/mol. The topological polar surface area (TPSA) is 24.8 Å². The Morgan fingerprint density at radius 1 is 1.06 bits per heavy atom. The Balaban J connectivity index is 2.36. The van der Waals surface area contributed by atoms with Crippen LogP contribution < -0.4 is 5.01 Å². The van der Waals surface area contributed by atoms with Gasteiger partial charge in [0.15, 0.2) is 0 Å². The standard InChI is InChI=1S/C29H36N2O/c1-10-25(23(4)30-31(8)27-14-12-11-13-15-27)19-17-22(3)29(6,7)28-20-26(24(5)32-9)18-16-21(28)2/h10-20H,1,5H2,2-4,6-9H3/b22-17-,25-19+,30-23-. The fourth-order valence-corrected chi connectivity index (χ4v) is 3.54. The van der Waals surface area contributed by atoms with E-state index in [0.717, 1.165) is 22.5 Å². The smallest absolute Gasteiger partial charge is 0.118 e. The molecule has 0 N–H and O–H groups in total. The van der Waals surface area contributed by atoms with E-state index in [4.69, 9.17) is 9.84 Å². The molecule has 2 aromatic rings. The molecule has 0 unspecified atom stereocenters. The molecule has 32 heavy (non-hydrogen) atoms. The number of hydrazone groups is 1. The number of benzene rings is 2. The molecule has 168 valence electrons. The Hall–Kier alpha value is -3.33. The van der Waals surface area contributed by atoms with Crippen molar-refractivity contribution in [2.75, 3.05) is 19.2 Å². The van der Waals surface area contributed by atoms with E-state index < -0.39 is 0 Å². The Morgan fingerprint density at radius 2 is 1.72 bits per heavy atom. The summed E-state index contributed by atoms with van der Waals surface area (Å²) in [4.78, 5) is 0. The number of para-hydroxylation sites is 1. The van der Waals surface area contributed by atoms with Gasteiger partial charge in [-0.25, -0.2) is 0 Å². The Labute approximate surface area is 194 Å². The molecule has 0 bridgehead atoms. The van der Waals surface area contributed by atoms with Gasteiger partial charge in [0.25, 0.3) is 0 Å². The van der Waals surface area contributed by atoms with E-state index >= 15 is 0 Å². The molecule has 0 saturated carbocycles. The summed E-state index contributed by atoms with van der Waals surface area (Å²) in [6.45, 7) is 18.8. The Kier molecular flexibility index (Phi) is 8.42. The van der Waals surface area contributed by atoms with Gasteiger partial charge in [-0.05, 0) is 55.7 Å². The van der Waals surface area contributed by atoms with Crippen molar-refractivity contribution in [3.8, 4) is 0 Å². The molecule has 3 nitrogen and oxygen atoms in total. The van der Waals surface area contributed by atoms with E-state index in [0.29, 0.717) is 5.76 Å². The lowest BCUT2D eigenvalue weighted by atomic mass is 9.75. The van der Waals surface area contributed by atoms with Crippen molar-refractivity contribution in [3.63, 3.8) is 0 Å². The zero-order valence-corrected chi connectivity index (χ0v) is 20.6. The number of hydrogen-bond acceptors (Lipinski definition) is 3. The van der Waals surface area contributed by atoms with Gasteiger partial charge in [0, 0.05) is 18.0 Å². The van der Waals surface area contributed by atoms with Crippen LogP contribution in [0.2, 0.25) is 0 Å². The minimum Gasteiger partial charge on any atom is -0.497 e. The highest BCUT2D eigenvalue weighted by atomic mass is 16.5. The van der Waals surface area contributed by atoms with Gasteiger partial charge in [-0.2, -0.15) is 5.10 Å². The molecule has 0 fully saturated rings. The van der Waals surface area contributed by atoms with Crippen LogP contribution in [0.3, 0.4) is 0 Å². The maximum atomic E-state index is 5.34. The van der Waals surface area contributed by atoms with E-state index in [-0.39, 0.29) is 5.41 Å². The van der Waals surface area contributed by atoms with Crippen molar-refractivity contribution in [1.82, 2.24) is 0 Å². The predicted octanol–water partition coefficient (Wildman–Crippen LogP) is 7.46. The molecule has 0 aromatic heterocycles. The first-order valence-electron chi connectivity index (χ1n) is 10.8. The van der Waals surface area contributed by atoms with E-state index in [2.05, 4.69) is 71.2 Å². The molecule has 0 radical (unpaired) electrons. The van der Waals surface area contributed by atoms with Crippen LogP contribution >= 0.6 is 0 Å². The molecule has 2 aromatic carbocycles. The number of nitrogens with zero attached hydrogens (tertiary/aromatic N) is 2. The summed E-state index contributed by atoms with van der Waals surface area (Å²) in [5.41, 5.74) is 7.51. The average Bonchev–Trinajstić information content (AvgIpc) is 2.79. The Bertz CT molecular complexity index is 1060. The second-order valence-electron chi connectivity index (χ2n) is 8.50. The minimum atomic E-state index is -0.164. The number of allylic oxidation sites excluding steroid dienone is 5. The first-order valence-corrected chi connectivity index (χ1v) is 10.8. The van der Waals surface area contributed by atoms with Crippen molar-refractivity contribution in [2.24, 2.45) is 5.10 Å². The third-order valence-corrected chi connectivity index (χ3v) is 6.05. The molecular weight excluding hydrogens is 392 g/mol. The van der Waals surface area contributed by atoms with Gasteiger partial charge in [-0.1, -0.05) is 81.1 Å². The lowest BCUT2D eigenvalue weighted by molar-refractivity contribution is 0.371. The fourth-order valence-electron chi connectivity index (χ4n) is 3.54. The van der Waals surface area contributed by atoms with Crippen LogP contribution in [0, 0.1) is 6.92 Å². The summed E-state index contributed by atoms with van der Waals surface area (Å²) in [7, 11) is 3.60. The van der Waals surface area contributed by atoms with E-state index in [1.807, 2.05) is 55.4 Å². The number of aryl methyl sites for hydroxylation is 1. The molecule has 0 amide bonds. The summed E-state index contributed by atoms with van der Waals surface area (Å²) in [5, 5.41) is 6.61. The molecule has 0 atom stereocenters. The van der Waals surface area contributed by atoms with Crippen LogP contribution in [0.15, 0.2) is 96.2 Å². The summed E-state index contributed by atoms with van der Waals surface area (Å²) >= 11 is 0. The van der Waals surface area contributed by atoms with Gasteiger partial charge >= 0.3 is 0 Å². The number of anilines is 1. The summed E-state index contributed by atoms with van der Waals surface area (Å²) in [6, 6.07) is 16.5. The summed E-state index contributed by atoms with van der Waals surface area (Å²) < 4.78 is 5.34. The van der Waals surface area contributed by atoms with Crippen molar-refractivity contribution in [2.45, 2.75) is 40.0 Å². The third kappa shape index (κ3) is 5.88. The van der Waals surface area contributed by atoms with Gasteiger partial charge in [0.05, 0.1) is 18.5 Å². The van der Waals surface area contributed by atoms with Crippen molar-refractivity contribution >= 4 is 17.2 Å². The lowest BCUT2D eigenvalue weighted by Gasteiger charge is -2.29. The van der Waals surface area contributed by atoms with Crippen molar-refractivity contribution in [3.05, 3.63) is 108 Å². The molecule has 0 aliphatic carbocycles. The molecule has 2 rings (SSSR count). The normalized spacial score (nSPS) is 13.0. The monoisotopic (exact) mass is 428 g/mol. The molecule has 0 spiro atoms. The van der Waals surface area contributed by atoms with Gasteiger partial charge in [0.1, 0.15) is 5.76 Å². The van der Waals surface area contributed by atoms with Crippen LogP contribution in [0.1, 0.15) is 44.4 Å². The van der Waals surface area contributed by atoms with Crippen molar-refractivity contribution in [1.29, 1.82) is 0 Å². The highest BCUT2D eigenvalue weighted by Gasteiger charge is 2.25. The van der Waals surface area contributed by atoms with E-state index in [9.17, 15) is 0 Å². The summed E-state index contributed by atoms with van der Waals surface area (Å²) in [6.07, 6.45) is 6.10. The maximum absolute atomic E-state index is 5.34. The first kappa shape index (κ1) is 24.9. The van der Waals surface area contributed by atoms with E-state index in [1.165, 1.54) is 16.7 Å². The van der Waals surface area contributed by atoms with Crippen LogP contribution in [0.5, 0.6) is 0 Å². The van der Waals surface area contributed by atoms with Gasteiger partial charge in [-0.3, -0.25) is 5.01 Å². The molecule has 0 aliphatic rings. The zero-order chi connectivity index (χ0) is 23.9. The highest BCUT2D eigenvalue weighted by Crippen LogP contribution is 2.35. The van der Waals surface area contributed by atoms with Gasteiger partial charge < -0.3 is 4.74 Å². The number of hydrogen-bond donors (Lipinski definition) is 0. The quantitative estimate of drug-likeness (QED) is 0.179. The minimum absolute atomic E-state index is 0.164. The molecule has 0 heterocycles. The van der Waals surface area contributed by atoms with Crippen LogP contribution in [0.4, 0.5) is 5.69 Å². The average molecular weight is 429 g/mol. The molecular formula is C29H36N2O. The Morgan fingerprint density at radius 3 is 2.31 bits per heavy atom. The highest BCUT2D eigenvalue weighted by molar-refractivity contribution is 6.01. The van der Waals surface area contributed by atoms with Crippen molar-refractivity contribution < 1.29 is 4.74 Å². The molecule has 0 saturated heterocycles. The van der Waals surface area contributed by atoms with Gasteiger partial charge in [-0.15, -0.1) is 0 Å². The van der Waals surface area contributed by atoms with Crippen LogP contribution in [-0.4, -0.2) is 19.9 Å². The second-order valence-corrected chi connectivity index (χ2v) is 8.50. The molecule has 3 heteroatoms. The van der Waals surface area contributed by atoms with Crippen LogP contribution in [-0.2, 0) is 10.2 Å². The SMILES string of the molecule is C=CC(=C\C=C(\C)C(C)(C)c1cc(C(=C)OC)ccc1C)/C(C)=N\N(C)c1ccccc1. The largest absolute Gasteiger partial charge is 0.497 e. The van der Waals surface area contributed by atoms with Gasteiger partial charge in [0.2, 0.25) is 0 Å². The molecule has 0 aliphatic heterocycles.